The van der Waals surface area contributed by atoms with Crippen molar-refractivity contribution in [2.75, 3.05) is 19.6 Å². The van der Waals surface area contributed by atoms with Crippen LogP contribution in [0.1, 0.15) is 26.2 Å². The number of hydrogen-bond acceptors (Lipinski definition) is 2. The number of nitrogens with zero attached hydrogens (tertiary/aromatic N) is 1. The molecule has 2 N–H and O–H groups in total. The van der Waals surface area contributed by atoms with Crippen LogP contribution >= 0.6 is 0 Å². The van der Waals surface area contributed by atoms with Gasteiger partial charge in [-0.1, -0.05) is 6.92 Å². The first kappa shape index (κ1) is 12.8. The van der Waals surface area contributed by atoms with Crippen LogP contribution in [0.4, 0.5) is 13.2 Å². The fourth-order valence-electron chi connectivity index (χ4n) is 1.88. The smallest absolute Gasteiger partial charge is 0.326 e. The molecule has 2 nitrogen and oxygen atoms in total. The van der Waals surface area contributed by atoms with E-state index in [0.717, 1.165) is 19.5 Å². The zero-order chi connectivity index (χ0) is 11.5. The molecule has 1 heterocycles. The Morgan fingerprint density at radius 1 is 1.40 bits per heavy atom. The number of piperidine rings is 1. The standard InChI is InChI=1S/C10H19F3N2/c1-8-3-6-15(7-9(8)14)5-2-4-10(11,12)13/h8-9H,2-7,14H2,1H3. The molecule has 1 saturated heterocycles. The largest absolute Gasteiger partial charge is 0.389 e. The quantitative estimate of drug-likeness (QED) is 0.794. The minimum atomic E-state index is -4.02. The van der Waals surface area contributed by atoms with Gasteiger partial charge in [0, 0.05) is 19.0 Å². The second-order valence-electron chi connectivity index (χ2n) is 4.45. The van der Waals surface area contributed by atoms with E-state index < -0.39 is 12.6 Å². The SMILES string of the molecule is CC1CCN(CCCC(F)(F)F)CC1N. The van der Waals surface area contributed by atoms with Gasteiger partial charge < -0.3 is 10.6 Å². The predicted octanol–water partition coefficient (Wildman–Crippen LogP) is 2.00. The summed E-state index contributed by atoms with van der Waals surface area (Å²) in [5.74, 6) is 0.490. The van der Waals surface area contributed by atoms with Crippen molar-refractivity contribution in [3.05, 3.63) is 0 Å². The van der Waals surface area contributed by atoms with E-state index in [-0.39, 0.29) is 12.5 Å². The number of rotatable bonds is 3. The van der Waals surface area contributed by atoms with Gasteiger partial charge in [-0.15, -0.1) is 0 Å². The number of nitrogens with two attached hydrogens (primary N) is 1. The molecule has 0 aromatic rings. The summed E-state index contributed by atoms with van der Waals surface area (Å²) in [7, 11) is 0. The minimum absolute atomic E-state index is 0.115. The molecule has 1 aliphatic heterocycles. The fraction of sp³-hybridized carbons (Fsp3) is 1.00. The number of likely N-dealkylation sites (tertiary alicyclic amines) is 1. The second-order valence-corrected chi connectivity index (χ2v) is 4.45. The monoisotopic (exact) mass is 224 g/mol. The summed E-state index contributed by atoms with van der Waals surface area (Å²) in [6.07, 6.45) is -3.53. The van der Waals surface area contributed by atoms with Crippen LogP contribution in [0, 0.1) is 5.92 Å². The molecule has 0 radical (unpaired) electrons. The molecular weight excluding hydrogens is 205 g/mol. The highest BCUT2D eigenvalue weighted by Crippen LogP contribution is 2.22. The molecule has 5 heteroatoms. The molecule has 90 valence electrons. The Morgan fingerprint density at radius 2 is 2.07 bits per heavy atom. The first-order valence-corrected chi connectivity index (χ1v) is 5.43. The van der Waals surface area contributed by atoms with Crippen LogP contribution in [0.3, 0.4) is 0 Å². The van der Waals surface area contributed by atoms with Crippen LogP contribution in [0.25, 0.3) is 0 Å². The Labute approximate surface area is 88.6 Å². The zero-order valence-electron chi connectivity index (χ0n) is 9.06. The summed E-state index contributed by atoms with van der Waals surface area (Å²) in [5.41, 5.74) is 5.86. The summed E-state index contributed by atoms with van der Waals surface area (Å²) in [6.45, 7) is 4.23. The van der Waals surface area contributed by atoms with Crippen molar-refractivity contribution in [2.45, 2.75) is 38.4 Å². The lowest BCUT2D eigenvalue weighted by atomic mass is 9.94. The fourth-order valence-corrected chi connectivity index (χ4v) is 1.88. The molecule has 2 unspecified atom stereocenters. The zero-order valence-corrected chi connectivity index (χ0v) is 9.06. The number of alkyl halides is 3. The van der Waals surface area contributed by atoms with E-state index in [1.165, 1.54) is 0 Å². The molecule has 15 heavy (non-hydrogen) atoms. The molecule has 0 saturated carbocycles. The van der Waals surface area contributed by atoms with Crippen molar-refractivity contribution in [1.29, 1.82) is 0 Å². The molecule has 0 aromatic carbocycles. The average Bonchev–Trinajstić information content (AvgIpc) is 2.09. The van der Waals surface area contributed by atoms with Gasteiger partial charge in [0.05, 0.1) is 0 Å². The highest BCUT2D eigenvalue weighted by atomic mass is 19.4. The van der Waals surface area contributed by atoms with E-state index in [1.807, 2.05) is 4.90 Å². The van der Waals surface area contributed by atoms with Crippen LogP contribution in [0.2, 0.25) is 0 Å². The molecule has 0 aromatic heterocycles. The molecule has 0 aliphatic carbocycles. The Balaban J connectivity index is 2.17. The van der Waals surface area contributed by atoms with E-state index in [9.17, 15) is 13.2 Å². The average molecular weight is 224 g/mol. The molecule has 1 rings (SSSR count). The molecule has 1 aliphatic rings. The molecule has 1 fully saturated rings. The normalized spacial score (nSPS) is 29.4. The van der Waals surface area contributed by atoms with Gasteiger partial charge in [0.1, 0.15) is 0 Å². The van der Waals surface area contributed by atoms with Gasteiger partial charge in [-0.2, -0.15) is 13.2 Å². The molecule has 0 bridgehead atoms. The predicted molar refractivity (Wildman–Crippen MR) is 53.5 cm³/mol. The van der Waals surface area contributed by atoms with E-state index >= 15 is 0 Å². The van der Waals surface area contributed by atoms with Gasteiger partial charge in [-0.3, -0.25) is 0 Å². The van der Waals surface area contributed by atoms with Crippen LogP contribution in [0.15, 0.2) is 0 Å². The van der Waals surface area contributed by atoms with Crippen molar-refractivity contribution >= 4 is 0 Å². The summed E-state index contributed by atoms with van der Waals surface area (Å²) < 4.78 is 35.7. The van der Waals surface area contributed by atoms with E-state index in [2.05, 4.69) is 6.92 Å². The topological polar surface area (TPSA) is 29.3 Å². The Morgan fingerprint density at radius 3 is 2.60 bits per heavy atom. The maximum atomic E-state index is 11.9. The summed E-state index contributed by atoms with van der Waals surface area (Å²) in [4.78, 5) is 2.04. The number of hydrogen-bond donors (Lipinski definition) is 1. The number of halogens is 3. The van der Waals surface area contributed by atoms with Crippen LogP contribution in [-0.2, 0) is 0 Å². The minimum Gasteiger partial charge on any atom is -0.326 e. The lowest BCUT2D eigenvalue weighted by Gasteiger charge is -2.35. The van der Waals surface area contributed by atoms with E-state index in [1.54, 1.807) is 0 Å². The van der Waals surface area contributed by atoms with Gasteiger partial charge in [-0.05, 0) is 31.8 Å². The highest BCUT2D eigenvalue weighted by Gasteiger charge is 2.28. The van der Waals surface area contributed by atoms with Gasteiger partial charge >= 0.3 is 6.18 Å². The van der Waals surface area contributed by atoms with E-state index in [4.69, 9.17) is 5.73 Å². The third kappa shape index (κ3) is 4.84. The van der Waals surface area contributed by atoms with Crippen molar-refractivity contribution in [1.82, 2.24) is 4.90 Å². The molecule has 0 amide bonds. The summed E-state index contributed by atoms with van der Waals surface area (Å²) >= 11 is 0. The lowest BCUT2D eigenvalue weighted by Crippen LogP contribution is -2.47. The first-order chi connectivity index (χ1) is 6.88. The maximum absolute atomic E-state index is 11.9. The Kier molecular flexibility index (Phi) is 4.40. The van der Waals surface area contributed by atoms with Crippen molar-refractivity contribution in [3.8, 4) is 0 Å². The molecule has 0 spiro atoms. The Hall–Kier alpha value is -0.290. The molecular formula is C10H19F3N2. The van der Waals surface area contributed by atoms with Crippen molar-refractivity contribution < 1.29 is 13.2 Å². The van der Waals surface area contributed by atoms with Crippen molar-refractivity contribution in [3.63, 3.8) is 0 Å². The molecule has 2 atom stereocenters. The Bertz CT molecular complexity index is 194. The summed E-state index contributed by atoms with van der Waals surface area (Å²) in [6, 6.07) is 0.115. The van der Waals surface area contributed by atoms with Crippen LogP contribution < -0.4 is 5.73 Å². The first-order valence-electron chi connectivity index (χ1n) is 5.43. The van der Waals surface area contributed by atoms with Gasteiger partial charge in [0.25, 0.3) is 0 Å². The lowest BCUT2D eigenvalue weighted by molar-refractivity contribution is -0.136. The third-order valence-electron chi connectivity index (χ3n) is 3.04. The van der Waals surface area contributed by atoms with E-state index in [0.29, 0.717) is 12.5 Å². The van der Waals surface area contributed by atoms with Crippen LogP contribution in [0.5, 0.6) is 0 Å². The van der Waals surface area contributed by atoms with Gasteiger partial charge in [0.15, 0.2) is 0 Å². The van der Waals surface area contributed by atoms with Gasteiger partial charge in [-0.25, -0.2) is 0 Å². The summed E-state index contributed by atoms with van der Waals surface area (Å²) in [5, 5.41) is 0. The van der Waals surface area contributed by atoms with Crippen LogP contribution in [-0.4, -0.2) is 36.8 Å². The van der Waals surface area contributed by atoms with Crippen molar-refractivity contribution in [2.24, 2.45) is 11.7 Å². The highest BCUT2D eigenvalue weighted by molar-refractivity contribution is 4.80. The van der Waals surface area contributed by atoms with Gasteiger partial charge in [0.2, 0.25) is 0 Å². The third-order valence-corrected chi connectivity index (χ3v) is 3.04. The second kappa shape index (κ2) is 5.16. The maximum Gasteiger partial charge on any atom is 0.389 e.